The van der Waals surface area contributed by atoms with Crippen molar-refractivity contribution >= 4 is 0 Å². The lowest BCUT2D eigenvalue weighted by Gasteiger charge is -2.22. The van der Waals surface area contributed by atoms with Crippen molar-refractivity contribution in [2.45, 2.75) is 33.6 Å². The van der Waals surface area contributed by atoms with Crippen LogP contribution in [0.15, 0.2) is 48.5 Å². The van der Waals surface area contributed by atoms with Crippen LogP contribution in [-0.4, -0.2) is 5.11 Å². The molecule has 0 spiro atoms. The van der Waals surface area contributed by atoms with Gasteiger partial charge in [-0.25, -0.2) is 8.78 Å². The largest absolute Gasteiger partial charge is 0.507 e. The molecule has 1 nitrogen and oxygen atoms in total. The Morgan fingerprint density at radius 2 is 1.19 bits per heavy atom. The fraction of sp³-hybridized carbons (Fsp3) is 0.217. The summed E-state index contributed by atoms with van der Waals surface area (Å²) in [6, 6.07) is 13.8. The van der Waals surface area contributed by atoms with Crippen LogP contribution < -0.4 is 0 Å². The van der Waals surface area contributed by atoms with Crippen LogP contribution in [0.2, 0.25) is 0 Å². The summed E-state index contributed by atoms with van der Waals surface area (Å²) < 4.78 is 27.6. The summed E-state index contributed by atoms with van der Waals surface area (Å²) in [6.07, 6.45) is 0. The monoisotopic (exact) mass is 352 g/mol. The summed E-state index contributed by atoms with van der Waals surface area (Å²) in [5, 5.41) is 10.7. The Hall–Kier alpha value is -2.68. The van der Waals surface area contributed by atoms with Gasteiger partial charge < -0.3 is 5.11 Å². The maximum Gasteiger partial charge on any atom is 0.126 e. The molecular weight excluding hydrogens is 330 g/mol. The van der Waals surface area contributed by atoms with E-state index in [0.717, 1.165) is 27.8 Å². The van der Waals surface area contributed by atoms with E-state index in [1.807, 2.05) is 26.0 Å². The molecule has 0 fully saturated rings. The molecule has 3 rings (SSSR count). The molecular formula is C23H22F2O. The van der Waals surface area contributed by atoms with Gasteiger partial charge in [0, 0.05) is 11.5 Å². The van der Waals surface area contributed by atoms with Gasteiger partial charge in [0.25, 0.3) is 0 Å². The van der Waals surface area contributed by atoms with E-state index in [2.05, 4.69) is 0 Å². The molecule has 0 unspecified atom stereocenters. The normalized spacial score (nSPS) is 11.2. The average Bonchev–Trinajstić information content (AvgIpc) is 2.58. The predicted octanol–water partition coefficient (Wildman–Crippen LogP) is 6.08. The summed E-state index contributed by atoms with van der Waals surface area (Å²) in [4.78, 5) is 0. The Bertz CT molecular complexity index is 925. The minimum atomic E-state index is -0.313. The van der Waals surface area contributed by atoms with Gasteiger partial charge in [0.15, 0.2) is 0 Å². The van der Waals surface area contributed by atoms with Gasteiger partial charge in [0.1, 0.15) is 17.4 Å². The van der Waals surface area contributed by atoms with Crippen molar-refractivity contribution < 1.29 is 13.9 Å². The molecule has 0 radical (unpaired) electrons. The SMILES string of the molecule is Cc1cc(C)c(O)c(C(c2ccc(F)c(C)c2)c2ccc(F)c(C)c2)c1. The lowest BCUT2D eigenvalue weighted by Crippen LogP contribution is -2.06. The molecule has 0 heterocycles. The minimum Gasteiger partial charge on any atom is -0.507 e. The molecule has 0 aliphatic rings. The first-order valence-corrected chi connectivity index (χ1v) is 8.60. The Morgan fingerprint density at radius 3 is 1.65 bits per heavy atom. The molecule has 0 aliphatic carbocycles. The van der Waals surface area contributed by atoms with Crippen LogP contribution in [-0.2, 0) is 0 Å². The predicted molar refractivity (Wildman–Crippen MR) is 101 cm³/mol. The number of rotatable bonds is 3. The summed E-state index contributed by atoms with van der Waals surface area (Å²) in [5.41, 5.74) is 5.33. The molecule has 3 heteroatoms. The Morgan fingerprint density at radius 1 is 0.692 bits per heavy atom. The second-order valence-corrected chi connectivity index (χ2v) is 6.97. The first-order valence-electron chi connectivity index (χ1n) is 8.60. The van der Waals surface area contributed by atoms with Gasteiger partial charge in [-0.3, -0.25) is 0 Å². The quantitative estimate of drug-likeness (QED) is 0.566. The van der Waals surface area contributed by atoms with Crippen LogP contribution in [0.4, 0.5) is 8.78 Å². The lowest BCUT2D eigenvalue weighted by molar-refractivity contribution is 0.462. The van der Waals surface area contributed by atoms with Crippen molar-refractivity contribution in [3.05, 3.63) is 99.1 Å². The van der Waals surface area contributed by atoms with E-state index in [4.69, 9.17) is 0 Å². The van der Waals surface area contributed by atoms with E-state index >= 15 is 0 Å². The van der Waals surface area contributed by atoms with E-state index in [1.165, 1.54) is 12.1 Å². The van der Waals surface area contributed by atoms with Crippen molar-refractivity contribution in [3.8, 4) is 5.75 Å². The number of benzene rings is 3. The Labute approximate surface area is 152 Å². The molecule has 0 aliphatic heterocycles. The van der Waals surface area contributed by atoms with Gasteiger partial charge in [-0.15, -0.1) is 0 Å². The molecule has 134 valence electrons. The van der Waals surface area contributed by atoms with E-state index in [-0.39, 0.29) is 23.3 Å². The maximum atomic E-state index is 13.8. The minimum absolute atomic E-state index is 0.213. The second-order valence-electron chi connectivity index (χ2n) is 6.97. The number of phenols is 1. The average molecular weight is 352 g/mol. The van der Waals surface area contributed by atoms with Gasteiger partial charge in [-0.1, -0.05) is 42.0 Å². The first kappa shape index (κ1) is 18.1. The zero-order valence-corrected chi connectivity index (χ0v) is 15.4. The topological polar surface area (TPSA) is 20.2 Å². The molecule has 0 bridgehead atoms. The summed E-state index contributed by atoms with van der Waals surface area (Å²) >= 11 is 0. The zero-order chi connectivity index (χ0) is 19.0. The third-order valence-electron chi connectivity index (χ3n) is 4.82. The molecule has 3 aromatic carbocycles. The number of hydrogen-bond acceptors (Lipinski definition) is 1. The number of halogens is 2. The van der Waals surface area contributed by atoms with E-state index in [1.54, 1.807) is 38.1 Å². The second kappa shape index (κ2) is 6.91. The summed E-state index contributed by atoms with van der Waals surface area (Å²) in [7, 11) is 0. The van der Waals surface area contributed by atoms with Crippen LogP contribution in [0.25, 0.3) is 0 Å². The number of aryl methyl sites for hydroxylation is 4. The third kappa shape index (κ3) is 3.34. The van der Waals surface area contributed by atoms with Crippen LogP contribution >= 0.6 is 0 Å². The Balaban J connectivity index is 2.29. The van der Waals surface area contributed by atoms with Crippen molar-refractivity contribution in [2.24, 2.45) is 0 Å². The van der Waals surface area contributed by atoms with E-state index in [9.17, 15) is 13.9 Å². The molecule has 0 atom stereocenters. The van der Waals surface area contributed by atoms with Crippen LogP contribution in [0.1, 0.15) is 44.9 Å². The summed E-state index contributed by atoms with van der Waals surface area (Å²) in [5.74, 6) is -0.642. The van der Waals surface area contributed by atoms with Crippen LogP contribution in [0, 0.1) is 39.3 Å². The summed E-state index contributed by atoms with van der Waals surface area (Å²) in [6.45, 7) is 7.26. The fourth-order valence-corrected chi connectivity index (χ4v) is 3.46. The highest BCUT2D eigenvalue weighted by Gasteiger charge is 2.22. The Kier molecular flexibility index (Phi) is 4.82. The number of aromatic hydroxyl groups is 1. The maximum absolute atomic E-state index is 13.8. The zero-order valence-electron chi connectivity index (χ0n) is 15.4. The highest BCUT2D eigenvalue weighted by atomic mass is 19.1. The highest BCUT2D eigenvalue weighted by molar-refractivity contribution is 5.53. The smallest absolute Gasteiger partial charge is 0.126 e. The first-order chi connectivity index (χ1) is 12.3. The van der Waals surface area contributed by atoms with Gasteiger partial charge >= 0.3 is 0 Å². The van der Waals surface area contributed by atoms with Gasteiger partial charge in [-0.2, -0.15) is 0 Å². The molecule has 1 N–H and O–H groups in total. The molecule has 0 aromatic heterocycles. The molecule has 26 heavy (non-hydrogen) atoms. The van der Waals surface area contributed by atoms with Crippen molar-refractivity contribution in [1.29, 1.82) is 0 Å². The van der Waals surface area contributed by atoms with E-state index in [0.29, 0.717) is 11.1 Å². The standard InChI is InChI=1S/C23H22F2O/c1-13-9-16(4)23(26)19(10-13)22(17-5-7-20(24)14(2)11-17)18-6-8-21(25)15(3)12-18/h5-12,22,26H,1-4H3. The van der Waals surface area contributed by atoms with Gasteiger partial charge in [-0.05, 0) is 67.6 Å². The lowest BCUT2D eigenvalue weighted by atomic mass is 9.82. The number of hydrogen-bond donors (Lipinski definition) is 1. The number of phenolic OH excluding ortho intramolecular Hbond substituents is 1. The molecule has 3 aromatic rings. The van der Waals surface area contributed by atoms with Crippen molar-refractivity contribution in [2.75, 3.05) is 0 Å². The fourth-order valence-electron chi connectivity index (χ4n) is 3.46. The van der Waals surface area contributed by atoms with Crippen molar-refractivity contribution in [1.82, 2.24) is 0 Å². The highest BCUT2D eigenvalue weighted by Crippen LogP contribution is 2.39. The molecule has 0 amide bonds. The van der Waals surface area contributed by atoms with Gasteiger partial charge in [0.2, 0.25) is 0 Å². The third-order valence-corrected chi connectivity index (χ3v) is 4.82. The molecule has 0 saturated carbocycles. The van der Waals surface area contributed by atoms with E-state index < -0.39 is 0 Å². The van der Waals surface area contributed by atoms with Crippen molar-refractivity contribution in [3.63, 3.8) is 0 Å². The van der Waals surface area contributed by atoms with Gasteiger partial charge in [0.05, 0.1) is 0 Å². The molecule has 0 saturated heterocycles. The van der Waals surface area contributed by atoms with Crippen LogP contribution in [0.3, 0.4) is 0 Å². The van der Waals surface area contributed by atoms with Crippen LogP contribution in [0.5, 0.6) is 5.75 Å².